The Morgan fingerprint density at radius 1 is 1.37 bits per heavy atom. The molecule has 1 heterocycles. The largest absolute Gasteiger partial charge is 0.301 e. The Kier molecular flexibility index (Phi) is 3.22. The van der Waals surface area contributed by atoms with Gasteiger partial charge >= 0.3 is 0 Å². The second-order valence-corrected chi connectivity index (χ2v) is 6.22. The van der Waals surface area contributed by atoms with Crippen LogP contribution < -0.4 is 5.32 Å². The Labute approximate surface area is 114 Å². The second kappa shape index (κ2) is 4.88. The lowest BCUT2D eigenvalue weighted by Gasteiger charge is -1.98. The third kappa shape index (κ3) is 2.60. The molecular weight excluding hydrogens is 266 g/mol. The fourth-order valence-corrected chi connectivity index (χ4v) is 3.53. The highest BCUT2D eigenvalue weighted by atomic mass is 32.1. The van der Waals surface area contributed by atoms with Crippen molar-refractivity contribution in [3.63, 3.8) is 0 Å². The predicted molar refractivity (Wildman–Crippen MR) is 70.9 cm³/mol. The minimum absolute atomic E-state index is 0.259. The number of hydrogen-bond acceptors (Lipinski definition) is 5. The maximum Gasteiger partial charge on any atom is 0.236 e. The molecule has 6 nitrogen and oxygen atoms in total. The monoisotopic (exact) mass is 281 g/mol. The quantitative estimate of drug-likeness (QED) is 0.522. The van der Waals surface area contributed by atoms with Crippen molar-refractivity contribution in [2.45, 2.75) is 44.6 Å². The summed E-state index contributed by atoms with van der Waals surface area (Å²) in [5, 5.41) is 13.9. The standard InChI is InChI=1S/C12H15N3O3S/c16-11(7-6-9(7)15(17)18)14-12-13-8-4-2-1-3-5-10(8)19-12/h7,9H,1-6H2,(H,13,14,16)/t7-,9+/m1/s1. The van der Waals surface area contributed by atoms with Crippen LogP contribution in [-0.2, 0) is 17.6 Å². The summed E-state index contributed by atoms with van der Waals surface area (Å²) in [5.74, 6) is -0.732. The van der Waals surface area contributed by atoms with Crippen molar-refractivity contribution in [1.29, 1.82) is 0 Å². The van der Waals surface area contributed by atoms with Crippen LogP contribution in [-0.4, -0.2) is 21.9 Å². The van der Waals surface area contributed by atoms with Crippen LogP contribution in [0.15, 0.2) is 0 Å². The molecule has 7 heteroatoms. The van der Waals surface area contributed by atoms with Crippen LogP contribution in [0, 0.1) is 16.0 Å². The molecule has 1 aromatic rings. The summed E-state index contributed by atoms with van der Waals surface area (Å²) in [7, 11) is 0. The van der Waals surface area contributed by atoms with Gasteiger partial charge in [0.25, 0.3) is 0 Å². The van der Waals surface area contributed by atoms with E-state index in [1.807, 2.05) is 0 Å². The number of rotatable bonds is 3. The highest BCUT2D eigenvalue weighted by Gasteiger charge is 2.53. The van der Waals surface area contributed by atoms with Gasteiger partial charge in [-0.2, -0.15) is 0 Å². The van der Waals surface area contributed by atoms with Gasteiger partial charge in [0.15, 0.2) is 5.13 Å². The maximum absolute atomic E-state index is 11.8. The Hall–Kier alpha value is -1.50. The van der Waals surface area contributed by atoms with E-state index < -0.39 is 12.0 Å². The maximum atomic E-state index is 11.8. The van der Waals surface area contributed by atoms with Crippen LogP contribution in [0.2, 0.25) is 0 Å². The van der Waals surface area contributed by atoms with Crippen LogP contribution in [0.3, 0.4) is 0 Å². The van der Waals surface area contributed by atoms with Crippen molar-refractivity contribution in [3.8, 4) is 0 Å². The molecule has 0 saturated heterocycles. The second-order valence-electron chi connectivity index (χ2n) is 5.13. The summed E-state index contributed by atoms with van der Waals surface area (Å²) in [6, 6.07) is -0.696. The Morgan fingerprint density at radius 2 is 2.16 bits per heavy atom. The average molecular weight is 281 g/mol. The molecule has 0 radical (unpaired) electrons. The molecule has 0 aromatic carbocycles. The molecule has 1 amide bonds. The lowest BCUT2D eigenvalue weighted by atomic mass is 10.2. The van der Waals surface area contributed by atoms with E-state index in [-0.39, 0.29) is 10.8 Å². The smallest absolute Gasteiger partial charge is 0.236 e. The number of hydrogen-bond donors (Lipinski definition) is 1. The van der Waals surface area contributed by atoms with E-state index >= 15 is 0 Å². The Bertz CT molecular complexity index is 505. The van der Waals surface area contributed by atoms with E-state index in [0.717, 1.165) is 25.0 Å². The number of fused-ring (bicyclic) bond motifs is 1. The molecule has 2 aliphatic carbocycles. The number of nitrogens with zero attached hydrogens (tertiary/aromatic N) is 2. The van der Waals surface area contributed by atoms with Gasteiger partial charge in [-0.15, -0.1) is 11.3 Å². The lowest BCUT2D eigenvalue weighted by molar-refractivity contribution is -0.497. The van der Waals surface area contributed by atoms with E-state index in [0.29, 0.717) is 11.6 Å². The zero-order chi connectivity index (χ0) is 13.4. The fraction of sp³-hybridized carbons (Fsp3) is 0.667. The molecule has 1 aromatic heterocycles. The first-order chi connectivity index (χ1) is 9.15. The van der Waals surface area contributed by atoms with Crippen molar-refractivity contribution in [1.82, 2.24) is 4.98 Å². The SMILES string of the molecule is O=C(Nc1nc2c(s1)CCCCC2)[C@@H]1C[C@@H]1[N+](=O)[O-]. The van der Waals surface area contributed by atoms with Crippen molar-refractivity contribution in [2.24, 2.45) is 5.92 Å². The molecule has 2 aliphatic rings. The van der Waals surface area contributed by atoms with E-state index in [1.54, 1.807) is 0 Å². The normalized spacial score (nSPS) is 25.3. The third-order valence-corrected chi connectivity index (χ3v) is 4.76. The van der Waals surface area contributed by atoms with Crippen LogP contribution >= 0.6 is 11.3 Å². The molecule has 0 aliphatic heterocycles. The van der Waals surface area contributed by atoms with Gasteiger partial charge in [-0.25, -0.2) is 4.98 Å². The number of aromatic nitrogens is 1. The molecule has 1 N–H and O–H groups in total. The summed E-state index contributed by atoms with van der Waals surface area (Å²) in [6.07, 6.45) is 5.92. The lowest BCUT2D eigenvalue weighted by Crippen LogP contribution is -2.18. The van der Waals surface area contributed by atoms with Gasteiger partial charge in [-0.3, -0.25) is 14.9 Å². The van der Waals surface area contributed by atoms with E-state index in [9.17, 15) is 14.9 Å². The van der Waals surface area contributed by atoms with Crippen LogP contribution in [0.4, 0.5) is 5.13 Å². The number of carbonyl (C=O) groups excluding carboxylic acids is 1. The molecule has 0 bridgehead atoms. The van der Waals surface area contributed by atoms with Gasteiger partial charge in [-0.05, 0) is 25.7 Å². The van der Waals surface area contributed by atoms with Gasteiger partial charge in [0.2, 0.25) is 11.9 Å². The van der Waals surface area contributed by atoms with Gasteiger partial charge in [0.1, 0.15) is 5.92 Å². The number of anilines is 1. The molecule has 102 valence electrons. The van der Waals surface area contributed by atoms with Gasteiger partial charge in [-0.1, -0.05) is 6.42 Å². The van der Waals surface area contributed by atoms with Crippen molar-refractivity contribution in [3.05, 3.63) is 20.7 Å². The Morgan fingerprint density at radius 3 is 2.89 bits per heavy atom. The molecule has 2 atom stereocenters. The number of nitro groups is 1. The zero-order valence-corrected chi connectivity index (χ0v) is 11.2. The van der Waals surface area contributed by atoms with Gasteiger partial charge < -0.3 is 5.32 Å². The molecule has 19 heavy (non-hydrogen) atoms. The molecule has 1 fully saturated rings. The number of aryl methyl sites for hydroxylation is 2. The highest BCUT2D eigenvalue weighted by Crippen LogP contribution is 2.35. The summed E-state index contributed by atoms with van der Waals surface area (Å²) < 4.78 is 0. The molecule has 0 unspecified atom stereocenters. The van der Waals surface area contributed by atoms with E-state index in [1.165, 1.54) is 29.1 Å². The van der Waals surface area contributed by atoms with Crippen LogP contribution in [0.25, 0.3) is 0 Å². The summed E-state index contributed by atoms with van der Waals surface area (Å²) in [4.78, 5) is 27.7. The van der Waals surface area contributed by atoms with Crippen molar-refractivity contribution in [2.75, 3.05) is 5.32 Å². The molecule has 0 spiro atoms. The first-order valence-electron chi connectivity index (χ1n) is 6.58. The Balaban J connectivity index is 1.64. The topological polar surface area (TPSA) is 85.1 Å². The third-order valence-electron chi connectivity index (χ3n) is 3.69. The summed E-state index contributed by atoms with van der Waals surface area (Å²) in [5.41, 5.74) is 1.10. The summed E-state index contributed by atoms with van der Waals surface area (Å²) in [6.45, 7) is 0. The molecular formula is C12H15N3O3S. The summed E-state index contributed by atoms with van der Waals surface area (Å²) >= 11 is 1.52. The van der Waals surface area contributed by atoms with E-state index in [2.05, 4.69) is 10.3 Å². The predicted octanol–water partition coefficient (Wildman–Crippen LogP) is 2.02. The number of carbonyl (C=O) groups is 1. The number of nitrogens with one attached hydrogen (secondary N) is 1. The van der Waals surface area contributed by atoms with Crippen LogP contribution in [0.5, 0.6) is 0 Å². The van der Waals surface area contributed by atoms with Crippen LogP contribution in [0.1, 0.15) is 36.3 Å². The molecule has 3 rings (SSSR count). The number of thiazole rings is 1. The van der Waals surface area contributed by atoms with Gasteiger partial charge in [0.05, 0.1) is 5.69 Å². The van der Waals surface area contributed by atoms with Crippen molar-refractivity contribution >= 4 is 22.4 Å². The fourth-order valence-electron chi connectivity index (χ4n) is 2.48. The van der Waals surface area contributed by atoms with E-state index in [4.69, 9.17) is 0 Å². The molecule has 1 saturated carbocycles. The number of amides is 1. The minimum Gasteiger partial charge on any atom is -0.301 e. The first kappa shape index (κ1) is 12.5. The first-order valence-corrected chi connectivity index (χ1v) is 7.40. The van der Waals surface area contributed by atoms with Gasteiger partial charge in [0, 0.05) is 16.2 Å². The zero-order valence-electron chi connectivity index (χ0n) is 10.4. The minimum atomic E-state index is -0.696. The highest BCUT2D eigenvalue weighted by molar-refractivity contribution is 7.15. The van der Waals surface area contributed by atoms with Crippen molar-refractivity contribution < 1.29 is 9.72 Å². The average Bonchev–Trinajstić information content (AvgIpc) is 3.12.